The molecular weight excluding hydrogens is 340 g/mol. The number of aromatic nitrogens is 1. The van der Waals surface area contributed by atoms with E-state index < -0.39 is 11.8 Å². The number of nitrogens with one attached hydrogen (secondary N) is 2. The number of amides is 2. The van der Waals surface area contributed by atoms with Crippen LogP contribution < -0.4 is 10.6 Å². The quantitative estimate of drug-likeness (QED) is 0.802. The van der Waals surface area contributed by atoms with Gasteiger partial charge in [0.25, 0.3) is 0 Å². The standard InChI is InChI=1S/C18H23ClN4O2/c1-12-7-8-13(19)10-14(12)21-18(25)17(24)20-11-16(22(2)3)15-6-5-9-23(15)4/h5-10,16H,11H2,1-4H3,(H,20,24)(H,21,25). The molecule has 0 spiro atoms. The van der Waals surface area contributed by atoms with Crippen molar-refractivity contribution in [2.24, 2.45) is 7.05 Å². The summed E-state index contributed by atoms with van der Waals surface area (Å²) in [6.45, 7) is 2.16. The van der Waals surface area contributed by atoms with E-state index in [-0.39, 0.29) is 6.04 Å². The number of aryl methyl sites for hydroxylation is 2. The van der Waals surface area contributed by atoms with Gasteiger partial charge in [-0.1, -0.05) is 17.7 Å². The smallest absolute Gasteiger partial charge is 0.313 e. The maximum absolute atomic E-state index is 12.1. The highest BCUT2D eigenvalue weighted by atomic mass is 35.5. The van der Waals surface area contributed by atoms with Crippen LogP contribution in [0.25, 0.3) is 0 Å². The van der Waals surface area contributed by atoms with Gasteiger partial charge in [-0.3, -0.25) is 14.5 Å². The van der Waals surface area contributed by atoms with Crippen molar-refractivity contribution in [1.29, 1.82) is 0 Å². The van der Waals surface area contributed by atoms with E-state index in [0.29, 0.717) is 17.3 Å². The molecule has 0 radical (unpaired) electrons. The van der Waals surface area contributed by atoms with Crippen LogP contribution in [0.1, 0.15) is 17.3 Å². The van der Waals surface area contributed by atoms with E-state index >= 15 is 0 Å². The average molecular weight is 363 g/mol. The summed E-state index contributed by atoms with van der Waals surface area (Å²) in [6.07, 6.45) is 1.95. The van der Waals surface area contributed by atoms with Gasteiger partial charge in [0.1, 0.15) is 0 Å². The maximum Gasteiger partial charge on any atom is 0.313 e. The Morgan fingerprint density at radius 1 is 1.24 bits per heavy atom. The van der Waals surface area contributed by atoms with Crippen LogP contribution in [0.2, 0.25) is 5.02 Å². The van der Waals surface area contributed by atoms with Gasteiger partial charge in [-0.05, 0) is 50.8 Å². The molecule has 1 aromatic heterocycles. The van der Waals surface area contributed by atoms with Gasteiger partial charge in [-0.25, -0.2) is 0 Å². The summed E-state index contributed by atoms with van der Waals surface area (Å²) in [7, 11) is 5.81. The lowest BCUT2D eigenvalue weighted by atomic mass is 10.2. The summed E-state index contributed by atoms with van der Waals surface area (Å²) in [5.41, 5.74) is 2.41. The number of hydrogen-bond acceptors (Lipinski definition) is 3. The Hall–Kier alpha value is -2.31. The van der Waals surface area contributed by atoms with Crippen molar-refractivity contribution in [2.75, 3.05) is 26.0 Å². The van der Waals surface area contributed by atoms with E-state index in [2.05, 4.69) is 10.6 Å². The van der Waals surface area contributed by atoms with Crippen LogP contribution in [-0.2, 0) is 16.6 Å². The Balaban J connectivity index is 1.99. The highest BCUT2D eigenvalue weighted by Crippen LogP contribution is 2.20. The molecule has 6 nitrogen and oxygen atoms in total. The van der Waals surface area contributed by atoms with Crippen LogP contribution in [0.4, 0.5) is 5.69 Å². The Morgan fingerprint density at radius 2 is 1.96 bits per heavy atom. The molecule has 2 amide bonds. The van der Waals surface area contributed by atoms with Crippen LogP contribution in [0, 0.1) is 6.92 Å². The van der Waals surface area contributed by atoms with E-state index in [4.69, 9.17) is 11.6 Å². The minimum Gasteiger partial charge on any atom is -0.353 e. The molecule has 1 aromatic carbocycles. The van der Waals surface area contributed by atoms with Crippen LogP contribution in [0.3, 0.4) is 0 Å². The molecule has 1 heterocycles. The number of carbonyl (C=O) groups is 2. The van der Waals surface area contributed by atoms with E-state index in [9.17, 15) is 9.59 Å². The third-order valence-corrected chi connectivity index (χ3v) is 4.29. The van der Waals surface area contributed by atoms with Crippen molar-refractivity contribution in [3.05, 3.63) is 52.8 Å². The largest absolute Gasteiger partial charge is 0.353 e. The molecule has 2 aromatic rings. The van der Waals surface area contributed by atoms with Gasteiger partial charge in [0, 0.05) is 36.2 Å². The number of halogens is 1. The minimum atomic E-state index is -0.713. The van der Waals surface area contributed by atoms with E-state index in [1.807, 2.05) is 55.9 Å². The Labute approximate surface area is 152 Å². The molecule has 134 valence electrons. The van der Waals surface area contributed by atoms with E-state index in [0.717, 1.165) is 11.3 Å². The van der Waals surface area contributed by atoms with Crippen molar-refractivity contribution in [2.45, 2.75) is 13.0 Å². The number of carbonyl (C=O) groups excluding carboxylic acids is 2. The fourth-order valence-electron chi connectivity index (χ4n) is 2.55. The highest BCUT2D eigenvalue weighted by molar-refractivity contribution is 6.40. The fourth-order valence-corrected chi connectivity index (χ4v) is 2.72. The van der Waals surface area contributed by atoms with Gasteiger partial charge in [0.05, 0.1) is 6.04 Å². The van der Waals surface area contributed by atoms with Gasteiger partial charge >= 0.3 is 11.8 Å². The highest BCUT2D eigenvalue weighted by Gasteiger charge is 2.20. The molecule has 0 aliphatic heterocycles. The van der Waals surface area contributed by atoms with Crippen molar-refractivity contribution < 1.29 is 9.59 Å². The van der Waals surface area contributed by atoms with Crippen molar-refractivity contribution in [3.8, 4) is 0 Å². The molecule has 0 fully saturated rings. The molecule has 25 heavy (non-hydrogen) atoms. The zero-order valence-corrected chi connectivity index (χ0v) is 15.6. The van der Waals surface area contributed by atoms with Crippen LogP contribution in [0.15, 0.2) is 36.5 Å². The lowest BCUT2D eigenvalue weighted by molar-refractivity contribution is -0.136. The molecule has 1 atom stereocenters. The molecule has 0 saturated carbocycles. The summed E-state index contributed by atoms with van der Waals surface area (Å²) in [4.78, 5) is 26.3. The molecule has 1 unspecified atom stereocenters. The SMILES string of the molecule is Cc1ccc(Cl)cc1NC(=O)C(=O)NCC(c1cccn1C)N(C)C. The molecule has 0 saturated heterocycles. The third-order valence-electron chi connectivity index (χ3n) is 4.06. The number of hydrogen-bond donors (Lipinski definition) is 2. The zero-order chi connectivity index (χ0) is 18.6. The van der Waals surface area contributed by atoms with Gasteiger partial charge in [0.15, 0.2) is 0 Å². The minimum absolute atomic E-state index is 0.0374. The fraction of sp³-hybridized carbons (Fsp3) is 0.333. The second kappa shape index (κ2) is 8.18. The summed E-state index contributed by atoms with van der Waals surface area (Å²) in [6, 6.07) is 9.04. The zero-order valence-electron chi connectivity index (χ0n) is 14.8. The Morgan fingerprint density at radius 3 is 2.56 bits per heavy atom. The van der Waals surface area contributed by atoms with Gasteiger partial charge in [-0.15, -0.1) is 0 Å². The molecular formula is C18H23ClN4O2. The molecule has 2 N–H and O–H groups in total. The Kier molecular flexibility index (Phi) is 6.22. The molecule has 0 aliphatic rings. The number of benzene rings is 1. The summed E-state index contributed by atoms with van der Waals surface area (Å²) in [5.74, 6) is -1.39. The second-order valence-corrected chi connectivity index (χ2v) is 6.58. The van der Waals surface area contributed by atoms with Crippen molar-refractivity contribution in [1.82, 2.24) is 14.8 Å². The van der Waals surface area contributed by atoms with Gasteiger partial charge in [0.2, 0.25) is 0 Å². The monoisotopic (exact) mass is 362 g/mol. The van der Waals surface area contributed by atoms with Crippen molar-refractivity contribution in [3.63, 3.8) is 0 Å². The first-order valence-corrected chi connectivity index (χ1v) is 8.30. The number of likely N-dealkylation sites (N-methyl/N-ethyl adjacent to an activating group) is 1. The summed E-state index contributed by atoms with van der Waals surface area (Å²) < 4.78 is 1.99. The molecule has 2 rings (SSSR count). The molecule has 0 bridgehead atoms. The van der Waals surface area contributed by atoms with E-state index in [1.165, 1.54) is 0 Å². The first-order chi connectivity index (χ1) is 11.8. The first-order valence-electron chi connectivity index (χ1n) is 7.92. The maximum atomic E-state index is 12.1. The van der Waals surface area contributed by atoms with Crippen LogP contribution in [-0.4, -0.2) is 41.9 Å². The summed E-state index contributed by atoms with van der Waals surface area (Å²) >= 11 is 5.93. The van der Waals surface area contributed by atoms with Crippen molar-refractivity contribution >= 4 is 29.1 Å². The predicted octanol–water partition coefficient (Wildman–Crippen LogP) is 2.34. The molecule has 0 aliphatic carbocycles. The predicted molar refractivity (Wildman–Crippen MR) is 99.7 cm³/mol. The number of rotatable bonds is 5. The van der Waals surface area contributed by atoms with Crippen LogP contribution in [0.5, 0.6) is 0 Å². The van der Waals surface area contributed by atoms with Gasteiger partial charge in [-0.2, -0.15) is 0 Å². The number of anilines is 1. The second-order valence-electron chi connectivity index (χ2n) is 6.15. The van der Waals surface area contributed by atoms with Crippen LogP contribution >= 0.6 is 11.6 Å². The third kappa shape index (κ3) is 4.84. The first kappa shape index (κ1) is 19.0. The topological polar surface area (TPSA) is 66.4 Å². The van der Waals surface area contributed by atoms with Gasteiger partial charge < -0.3 is 15.2 Å². The lowest BCUT2D eigenvalue weighted by Gasteiger charge is -2.25. The average Bonchev–Trinajstić information content (AvgIpc) is 2.96. The normalized spacial score (nSPS) is 12.1. The molecule has 7 heteroatoms. The van der Waals surface area contributed by atoms with E-state index in [1.54, 1.807) is 18.2 Å². The Bertz CT molecular complexity index is 770. The number of nitrogens with zero attached hydrogens (tertiary/aromatic N) is 2. The lowest BCUT2D eigenvalue weighted by Crippen LogP contribution is -2.40. The summed E-state index contributed by atoms with van der Waals surface area (Å²) in [5, 5.41) is 5.79.